The summed E-state index contributed by atoms with van der Waals surface area (Å²) in [5.74, 6) is 0.000180. The minimum absolute atomic E-state index is 0.00619. The molecule has 0 aliphatic heterocycles. The lowest BCUT2D eigenvalue weighted by molar-refractivity contribution is 0.413. The largest absolute Gasteiger partial charge is 0.497 e. The first-order valence-electron chi connectivity index (χ1n) is 28.2. The third-order valence-electron chi connectivity index (χ3n) is 14.5. The maximum atomic E-state index is 13.8. The van der Waals surface area contributed by atoms with E-state index in [0.29, 0.717) is 49.4 Å². The lowest BCUT2D eigenvalue weighted by Crippen LogP contribution is -2.21. The van der Waals surface area contributed by atoms with Gasteiger partial charge in [0.1, 0.15) is 56.1 Å². The molecule has 0 unspecified atom stereocenters. The molecule has 0 saturated heterocycles. The highest BCUT2D eigenvalue weighted by Gasteiger charge is 2.29. The molecule has 28 heteroatoms. The van der Waals surface area contributed by atoms with Gasteiger partial charge in [0.2, 0.25) is 39.3 Å². The van der Waals surface area contributed by atoms with Crippen molar-refractivity contribution in [3.05, 3.63) is 257 Å². The maximum Gasteiger partial charge on any atom is 0.355 e. The fourth-order valence-electron chi connectivity index (χ4n) is 9.41. The molecule has 0 aliphatic rings. The molecular formula is C68H53Cl2F2NO19S4. The van der Waals surface area contributed by atoms with Gasteiger partial charge in [0, 0.05) is 74.6 Å². The zero-order chi connectivity index (χ0) is 69.6. The standard InChI is InChI=1S/C19H18ClNO4S.C17H13FO5S.C16H11ClO5S.C16H11FO5S/c1-3-21(4-2)15-8-5-13-11-18(19(22)25-17(13)12-15)26(23,24)16-9-6-14(20)7-10-16;1-10-7-13(5-6-14(10)18)24(20,21)16-8-11-3-4-12(22-2)9-15(11)23-17(16)19;1-21-12-6-5-10-7-15(16(18)22-14(10)9-12)23(19,20)13-4-2-3-11(17)8-13;1-21-11-7-6-10-8-15(16(18)22-13(10)9-11)23(19,20)14-5-3-2-4-12(14)17/h5-12H,3-4H2,1-2H3;3-9H,1-2H3;2*2-9H,1H3. The third kappa shape index (κ3) is 15.1. The van der Waals surface area contributed by atoms with Crippen molar-refractivity contribution < 1.29 is 74.3 Å². The van der Waals surface area contributed by atoms with Crippen LogP contribution in [0.4, 0.5) is 14.5 Å². The molecule has 0 spiro atoms. The fraction of sp³-hybridized carbons (Fsp3) is 0.118. The number of nitrogens with zero attached hydrogens (tertiary/aromatic N) is 1. The molecule has 0 radical (unpaired) electrons. The van der Waals surface area contributed by atoms with Crippen molar-refractivity contribution in [3.8, 4) is 17.2 Å². The minimum atomic E-state index is -4.32. The van der Waals surface area contributed by atoms with Crippen LogP contribution in [0.2, 0.25) is 10.0 Å². The summed E-state index contributed by atoms with van der Waals surface area (Å²) in [7, 11) is -12.0. The van der Waals surface area contributed by atoms with Crippen LogP contribution in [0.15, 0.2) is 264 Å². The van der Waals surface area contributed by atoms with Crippen molar-refractivity contribution >= 4 is 112 Å². The topological polar surface area (TPSA) is 288 Å². The van der Waals surface area contributed by atoms with Gasteiger partial charge in [0.15, 0.2) is 19.6 Å². The molecule has 0 fully saturated rings. The molecule has 0 saturated carbocycles. The second kappa shape index (κ2) is 28.9. The minimum Gasteiger partial charge on any atom is -0.497 e. The Morgan fingerprint density at radius 1 is 0.375 bits per heavy atom. The number of methoxy groups -OCH3 is 3. The molecule has 0 amide bonds. The summed E-state index contributed by atoms with van der Waals surface area (Å²) < 4.78 is 164. The fourth-order valence-corrected chi connectivity index (χ4v) is 15.2. The van der Waals surface area contributed by atoms with E-state index in [0.717, 1.165) is 43.0 Å². The highest BCUT2D eigenvalue weighted by molar-refractivity contribution is 7.92. The predicted octanol–water partition coefficient (Wildman–Crippen LogP) is 13.3. The maximum absolute atomic E-state index is 13.8. The molecule has 12 rings (SSSR count). The van der Waals surface area contributed by atoms with Crippen molar-refractivity contribution in [1.82, 2.24) is 0 Å². The number of halogens is 4. The van der Waals surface area contributed by atoms with Crippen LogP contribution in [0.25, 0.3) is 43.9 Å². The predicted molar refractivity (Wildman–Crippen MR) is 355 cm³/mol. The third-order valence-corrected chi connectivity index (χ3v) is 22.0. The lowest BCUT2D eigenvalue weighted by atomic mass is 10.2. The van der Waals surface area contributed by atoms with Crippen LogP contribution < -0.4 is 41.6 Å². The van der Waals surface area contributed by atoms with Gasteiger partial charge in [0.05, 0.1) is 36.0 Å². The Kier molecular flexibility index (Phi) is 21.2. The summed E-state index contributed by atoms with van der Waals surface area (Å²) in [6.45, 7) is 7.14. The van der Waals surface area contributed by atoms with Crippen LogP contribution in [0.1, 0.15) is 19.4 Å². The average Bonchev–Trinajstić information content (AvgIpc) is 0.799. The average molecular weight is 1430 g/mol. The van der Waals surface area contributed by atoms with Gasteiger partial charge in [-0.1, -0.05) is 41.4 Å². The quantitative estimate of drug-likeness (QED) is 0.0722. The van der Waals surface area contributed by atoms with Crippen LogP contribution in [0.3, 0.4) is 0 Å². The summed E-state index contributed by atoms with van der Waals surface area (Å²) in [5, 5.41) is 2.53. The summed E-state index contributed by atoms with van der Waals surface area (Å²) in [4.78, 5) is 48.1. The molecule has 0 N–H and O–H groups in total. The Morgan fingerprint density at radius 2 is 0.760 bits per heavy atom. The second-order valence-corrected chi connectivity index (χ2v) is 29.0. The molecule has 20 nitrogen and oxygen atoms in total. The number of benzene rings is 8. The van der Waals surface area contributed by atoms with E-state index < -0.39 is 93.1 Å². The van der Waals surface area contributed by atoms with Crippen molar-refractivity contribution in [2.24, 2.45) is 0 Å². The van der Waals surface area contributed by atoms with E-state index in [4.69, 9.17) is 55.1 Å². The van der Waals surface area contributed by atoms with Gasteiger partial charge in [-0.3, -0.25) is 0 Å². The Morgan fingerprint density at radius 3 is 1.17 bits per heavy atom. The van der Waals surface area contributed by atoms with Gasteiger partial charge in [0.25, 0.3) is 0 Å². The van der Waals surface area contributed by atoms with Crippen LogP contribution in [0.5, 0.6) is 17.2 Å². The number of anilines is 1. The van der Waals surface area contributed by atoms with Gasteiger partial charge in [-0.2, -0.15) is 0 Å². The zero-order valence-corrected chi connectivity index (χ0v) is 55.9. The van der Waals surface area contributed by atoms with E-state index in [1.165, 1.54) is 131 Å². The summed E-state index contributed by atoms with van der Waals surface area (Å²) in [6.07, 6.45) is 0. The molecule has 96 heavy (non-hydrogen) atoms. The highest BCUT2D eigenvalue weighted by Crippen LogP contribution is 2.31. The zero-order valence-electron chi connectivity index (χ0n) is 51.2. The smallest absolute Gasteiger partial charge is 0.355 e. The second-order valence-electron chi connectivity index (χ2n) is 20.5. The Balaban J connectivity index is 0.000000150. The molecule has 0 bridgehead atoms. The Hall–Kier alpha value is -9.96. The number of ether oxygens (including phenoxy) is 3. The van der Waals surface area contributed by atoms with Gasteiger partial charge in [-0.05, 0) is 172 Å². The number of hydrogen-bond donors (Lipinski definition) is 0. The Labute approximate surface area is 556 Å². The number of sulfone groups is 4. The molecule has 8 aromatic carbocycles. The van der Waals surface area contributed by atoms with Crippen LogP contribution in [0, 0.1) is 18.6 Å². The van der Waals surface area contributed by atoms with Gasteiger partial charge in [-0.15, -0.1) is 0 Å². The van der Waals surface area contributed by atoms with E-state index in [2.05, 4.69) is 4.90 Å². The van der Waals surface area contributed by atoms with E-state index in [9.17, 15) is 61.6 Å². The number of fused-ring (bicyclic) bond motifs is 4. The van der Waals surface area contributed by atoms with Gasteiger partial charge < -0.3 is 36.8 Å². The van der Waals surface area contributed by atoms with Crippen LogP contribution in [-0.2, 0) is 39.3 Å². The van der Waals surface area contributed by atoms with E-state index in [1.807, 2.05) is 19.9 Å². The number of aryl methyl sites for hydroxylation is 1. The molecule has 496 valence electrons. The molecule has 0 aliphatic carbocycles. The number of rotatable bonds is 14. The first-order valence-corrected chi connectivity index (χ1v) is 34.9. The van der Waals surface area contributed by atoms with Crippen molar-refractivity contribution in [1.29, 1.82) is 0 Å². The summed E-state index contributed by atoms with van der Waals surface area (Å²) in [6, 6.07) is 44.2. The lowest BCUT2D eigenvalue weighted by Gasteiger charge is -2.21. The normalized spacial score (nSPS) is 11.6. The van der Waals surface area contributed by atoms with Gasteiger partial charge >= 0.3 is 22.5 Å². The molecule has 0 atom stereocenters. The molecular weight excluding hydrogens is 1370 g/mol. The summed E-state index contributed by atoms with van der Waals surface area (Å²) in [5.41, 5.74) is -1.78. The first-order chi connectivity index (χ1) is 45.5. The van der Waals surface area contributed by atoms with Crippen molar-refractivity contribution in [2.75, 3.05) is 39.3 Å². The van der Waals surface area contributed by atoms with E-state index >= 15 is 0 Å². The van der Waals surface area contributed by atoms with Gasteiger partial charge in [-0.25, -0.2) is 61.6 Å². The first kappa shape index (κ1) is 70.4. The van der Waals surface area contributed by atoms with Crippen LogP contribution in [-0.4, -0.2) is 68.1 Å². The van der Waals surface area contributed by atoms with E-state index in [-0.39, 0.29) is 46.9 Å². The Bertz CT molecular complexity index is 5720. The van der Waals surface area contributed by atoms with Crippen molar-refractivity contribution in [3.63, 3.8) is 0 Å². The monoisotopic (exact) mass is 1420 g/mol. The molecule has 12 aromatic rings. The van der Waals surface area contributed by atoms with E-state index in [1.54, 1.807) is 54.6 Å². The van der Waals surface area contributed by atoms with Crippen LogP contribution >= 0.6 is 23.2 Å². The summed E-state index contributed by atoms with van der Waals surface area (Å²) >= 11 is 11.6. The number of hydrogen-bond acceptors (Lipinski definition) is 20. The highest BCUT2D eigenvalue weighted by atomic mass is 35.5. The molecule has 4 heterocycles. The van der Waals surface area contributed by atoms with Crippen molar-refractivity contribution in [2.45, 2.75) is 59.9 Å². The SMILES string of the molecule is CCN(CC)c1ccc2cc(S(=O)(=O)c3ccc(Cl)cc3)c(=O)oc2c1.COc1ccc2cc(S(=O)(=O)c3ccc(F)c(C)c3)c(=O)oc2c1.COc1ccc2cc(S(=O)(=O)c3cccc(Cl)c3)c(=O)oc2c1.COc1ccc2cc(S(=O)(=O)c3ccccc3F)c(=O)oc2c1. The molecule has 4 aromatic heterocycles.